The van der Waals surface area contributed by atoms with Gasteiger partial charge in [0, 0.05) is 28.2 Å². The summed E-state index contributed by atoms with van der Waals surface area (Å²) in [5.74, 6) is 1.15. The third kappa shape index (κ3) is 4.33. The van der Waals surface area contributed by atoms with Gasteiger partial charge in [0.2, 0.25) is 5.95 Å². The van der Waals surface area contributed by atoms with Crippen molar-refractivity contribution in [1.82, 2.24) is 9.97 Å². The Kier molecular flexibility index (Phi) is 4.95. The smallest absolute Gasteiger partial charge is 0.229 e. The molecule has 2 N–H and O–H groups in total. The van der Waals surface area contributed by atoms with Crippen molar-refractivity contribution in [3.8, 4) is 0 Å². The molecule has 2 aromatic carbocycles. The predicted molar refractivity (Wildman–Crippen MR) is 101 cm³/mol. The third-order valence-electron chi connectivity index (χ3n) is 3.67. The Morgan fingerprint density at radius 3 is 2.52 bits per heavy atom. The van der Waals surface area contributed by atoms with Crippen molar-refractivity contribution in [3.63, 3.8) is 0 Å². The number of ketones is 1. The highest BCUT2D eigenvalue weighted by atomic mass is 35.5. The van der Waals surface area contributed by atoms with E-state index < -0.39 is 0 Å². The molecule has 0 aliphatic carbocycles. The summed E-state index contributed by atoms with van der Waals surface area (Å²) in [4.78, 5) is 20.0. The summed E-state index contributed by atoms with van der Waals surface area (Å²) in [6.07, 6.45) is 1.67. The summed E-state index contributed by atoms with van der Waals surface area (Å²) in [5, 5.41) is 7.02. The Labute approximate surface area is 151 Å². The van der Waals surface area contributed by atoms with E-state index in [1.54, 1.807) is 31.3 Å². The summed E-state index contributed by atoms with van der Waals surface area (Å²) < 4.78 is 0. The number of Topliss-reactive ketones (excluding diaryl/α,β-unsaturated/α-hetero) is 1. The molecule has 0 saturated heterocycles. The number of carbonyl (C=O) groups excluding carboxylic acids is 1. The number of aromatic nitrogens is 2. The summed E-state index contributed by atoms with van der Waals surface area (Å²) in [7, 11) is 0. The first-order chi connectivity index (χ1) is 12.0. The fourth-order valence-electron chi connectivity index (χ4n) is 2.27. The van der Waals surface area contributed by atoms with Gasteiger partial charge in [0.25, 0.3) is 0 Å². The Bertz CT molecular complexity index is 910. The van der Waals surface area contributed by atoms with E-state index in [1.165, 1.54) is 0 Å². The Morgan fingerprint density at radius 2 is 1.80 bits per heavy atom. The maximum Gasteiger partial charge on any atom is 0.229 e. The first-order valence-electron chi connectivity index (χ1n) is 7.75. The van der Waals surface area contributed by atoms with Crippen LogP contribution in [0.15, 0.2) is 54.7 Å². The molecule has 3 aromatic rings. The van der Waals surface area contributed by atoms with Crippen molar-refractivity contribution >= 4 is 40.5 Å². The van der Waals surface area contributed by atoms with Gasteiger partial charge in [-0.15, -0.1) is 0 Å². The zero-order valence-electron chi connectivity index (χ0n) is 13.9. The molecule has 25 heavy (non-hydrogen) atoms. The van der Waals surface area contributed by atoms with Crippen molar-refractivity contribution < 1.29 is 4.79 Å². The number of anilines is 4. The lowest BCUT2D eigenvalue weighted by atomic mass is 10.1. The maximum atomic E-state index is 11.3. The number of benzene rings is 2. The number of nitrogens with zero attached hydrogens (tertiary/aromatic N) is 2. The van der Waals surface area contributed by atoms with Gasteiger partial charge in [-0.1, -0.05) is 17.7 Å². The van der Waals surface area contributed by atoms with Gasteiger partial charge < -0.3 is 10.6 Å². The van der Waals surface area contributed by atoms with E-state index in [0.717, 1.165) is 16.9 Å². The van der Waals surface area contributed by atoms with Gasteiger partial charge in [-0.25, -0.2) is 4.98 Å². The molecule has 0 radical (unpaired) electrons. The number of nitrogens with one attached hydrogen (secondary N) is 2. The van der Waals surface area contributed by atoms with Crippen LogP contribution in [0, 0.1) is 6.92 Å². The standard InChI is InChI=1S/C19H17ClN4O/c1-12-3-6-15(20)11-17(12)23-18-9-10-21-19(24-18)22-16-7-4-14(5-8-16)13(2)25/h3-11H,1-2H3,(H2,21,22,23,24). The highest BCUT2D eigenvalue weighted by molar-refractivity contribution is 6.30. The Morgan fingerprint density at radius 1 is 1.04 bits per heavy atom. The van der Waals surface area contributed by atoms with Crippen LogP contribution in [0.3, 0.4) is 0 Å². The fraction of sp³-hybridized carbons (Fsp3) is 0.105. The first kappa shape index (κ1) is 16.9. The molecule has 1 aromatic heterocycles. The van der Waals surface area contributed by atoms with Crippen LogP contribution in [0.1, 0.15) is 22.8 Å². The highest BCUT2D eigenvalue weighted by Crippen LogP contribution is 2.24. The lowest BCUT2D eigenvalue weighted by molar-refractivity contribution is 0.101. The zero-order valence-corrected chi connectivity index (χ0v) is 14.6. The van der Waals surface area contributed by atoms with Crippen LogP contribution in [0.5, 0.6) is 0 Å². The minimum atomic E-state index is 0.0332. The average Bonchev–Trinajstić information content (AvgIpc) is 2.59. The minimum Gasteiger partial charge on any atom is -0.340 e. The lowest BCUT2D eigenvalue weighted by Crippen LogP contribution is -2.01. The van der Waals surface area contributed by atoms with E-state index in [2.05, 4.69) is 20.6 Å². The summed E-state index contributed by atoms with van der Waals surface area (Å²) >= 11 is 6.05. The number of rotatable bonds is 5. The Hall–Kier alpha value is -2.92. The predicted octanol–water partition coefficient (Wildman–Crippen LogP) is 5.13. The van der Waals surface area contributed by atoms with E-state index in [9.17, 15) is 4.79 Å². The summed E-state index contributed by atoms with van der Waals surface area (Å²) in [6, 6.07) is 14.6. The summed E-state index contributed by atoms with van der Waals surface area (Å²) in [6.45, 7) is 3.54. The molecule has 0 amide bonds. The molecule has 6 heteroatoms. The second-order valence-corrected chi connectivity index (χ2v) is 6.04. The molecule has 1 heterocycles. The van der Waals surface area contributed by atoms with E-state index in [0.29, 0.717) is 22.4 Å². The molecule has 0 unspecified atom stereocenters. The van der Waals surface area contributed by atoms with Crippen molar-refractivity contribution in [2.24, 2.45) is 0 Å². The quantitative estimate of drug-likeness (QED) is 0.623. The number of carbonyl (C=O) groups is 1. The second kappa shape index (κ2) is 7.32. The van der Waals surface area contributed by atoms with Gasteiger partial charge >= 0.3 is 0 Å². The molecule has 0 saturated carbocycles. The molecule has 0 bridgehead atoms. The molecule has 0 atom stereocenters. The van der Waals surface area contributed by atoms with Crippen molar-refractivity contribution in [3.05, 3.63) is 70.9 Å². The first-order valence-corrected chi connectivity index (χ1v) is 8.13. The third-order valence-corrected chi connectivity index (χ3v) is 3.90. The van der Waals surface area contributed by atoms with Crippen molar-refractivity contribution in [2.75, 3.05) is 10.6 Å². The number of hydrogen-bond acceptors (Lipinski definition) is 5. The van der Waals surface area contributed by atoms with Crippen LogP contribution in [0.25, 0.3) is 0 Å². The van der Waals surface area contributed by atoms with Gasteiger partial charge in [0.1, 0.15) is 5.82 Å². The SMILES string of the molecule is CC(=O)c1ccc(Nc2nccc(Nc3cc(Cl)ccc3C)n2)cc1. The van der Waals surface area contributed by atoms with Crippen molar-refractivity contribution in [1.29, 1.82) is 0 Å². The fourth-order valence-corrected chi connectivity index (χ4v) is 2.44. The van der Waals surface area contributed by atoms with E-state index in [-0.39, 0.29) is 5.78 Å². The molecule has 0 spiro atoms. The number of aryl methyl sites for hydroxylation is 1. The van der Waals surface area contributed by atoms with Gasteiger partial charge in [0.15, 0.2) is 5.78 Å². The molecule has 5 nitrogen and oxygen atoms in total. The van der Waals surface area contributed by atoms with Crippen LogP contribution in [-0.2, 0) is 0 Å². The monoisotopic (exact) mass is 352 g/mol. The Balaban J connectivity index is 1.77. The average molecular weight is 353 g/mol. The summed E-state index contributed by atoms with van der Waals surface area (Å²) in [5.41, 5.74) is 3.43. The molecule has 0 aliphatic heterocycles. The molecular formula is C19H17ClN4O. The molecule has 3 rings (SSSR count). The topological polar surface area (TPSA) is 66.9 Å². The normalized spacial score (nSPS) is 10.4. The van der Waals surface area contributed by atoms with Crippen LogP contribution in [0.4, 0.5) is 23.1 Å². The van der Waals surface area contributed by atoms with E-state index in [1.807, 2.05) is 37.3 Å². The van der Waals surface area contributed by atoms with Crippen LogP contribution in [-0.4, -0.2) is 15.8 Å². The van der Waals surface area contributed by atoms with E-state index >= 15 is 0 Å². The van der Waals surface area contributed by atoms with Crippen LogP contribution in [0.2, 0.25) is 5.02 Å². The minimum absolute atomic E-state index is 0.0332. The number of halogens is 1. The largest absolute Gasteiger partial charge is 0.340 e. The second-order valence-electron chi connectivity index (χ2n) is 5.61. The van der Waals surface area contributed by atoms with Crippen LogP contribution < -0.4 is 10.6 Å². The van der Waals surface area contributed by atoms with Gasteiger partial charge in [0.05, 0.1) is 0 Å². The maximum absolute atomic E-state index is 11.3. The zero-order chi connectivity index (χ0) is 17.8. The van der Waals surface area contributed by atoms with Gasteiger partial charge in [-0.3, -0.25) is 4.79 Å². The lowest BCUT2D eigenvalue weighted by Gasteiger charge is -2.11. The van der Waals surface area contributed by atoms with Crippen LogP contribution >= 0.6 is 11.6 Å². The number of hydrogen-bond donors (Lipinski definition) is 2. The molecular weight excluding hydrogens is 336 g/mol. The molecule has 126 valence electrons. The van der Waals surface area contributed by atoms with Gasteiger partial charge in [-0.2, -0.15) is 4.98 Å². The van der Waals surface area contributed by atoms with E-state index in [4.69, 9.17) is 11.6 Å². The highest BCUT2D eigenvalue weighted by Gasteiger charge is 2.04. The molecule has 0 aliphatic rings. The van der Waals surface area contributed by atoms with Crippen molar-refractivity contribution in [2.45, 2.75) is 13.8 Å². The molecule has 0 fully saturated rings. The van der Waals surface area contributed by atoms with Gasteiger partial charge in [-0.05, 0) is 61.9 Å².